The third-order valence-electron chi connectivity index (χ3n) is 6.94. The molecule has 2 aromatic carbocycles. The van der Waals surface area contributed by atoms with Crippen molar-refractivity contribution in [1.82, 2.24) is 4.57 Å². The van der Waals surface area contributed by atoms with Crippen molar-refractivity contribution in [3.63, 3.8) is 0 Å². The molecule has 0 saturated heterocycles. The first kappa shape index (κ1) is 30.4. The van der Waals surface area contributed by atoms with Crippen LogP contribution in [0.3, 0.4) is 0 Å². The van der Waals surface area contributed by atoms with Gasteiger partial charge < -0.3 is 23.8 Å². The van der Waals surface area contributed by atoms with Crippen LogP contribution in [0.2, 0.25) is 0 Å². The molecule has 0 bridgehead atoms. The molecule has 0 fully saturated rings. The molecule has 4 rings (SSSR count). The molecule has 0 aliphatic carbocycles. The van der Waals surface area contributed by atoms with Crippen LogP contribution in [-0.2, 0) is 9.53 Å². The van der Waals surface area contributed by atoms with E-state index >= 15 is 0 Å². The Morgan fingerprint density at radius 2 is 1.78 bits per heavy atom. The minimum absolute atomic E-state index is 0.181. The smallest absolute Gasteiger partial charge is 0.338 e. The van der Waals surface area contributed by atoms with Gasteiger partial charge in [0.05, 0.1) is 49.4 Å². The number of carbonyl (C=O) groups is 1. The van der Waals surface area contributed by atoms with Crippen molar-refractivity contribution < 1.29 is 23.7 Å². The molecule has 0 amide bonds. The fraction of sp³-hybridized carbons (Fsp3) is 0.367. The number of hydrogen-bond donors (Lipinski definition) is 0. The van der Waals surface area contributed by atoms with Crippen molar-refractivity contribution in [2.45, 2.75) is 33.7 Å². The van der Waals surface area contributed by atoms with Gasteiger partial charge in [-0.1, -0.05) is 11.3 Å². The summed E-state index contributed by atoms with van der Waals surface area (Å²) in [5.41, 5.74) is 2.75. The number of carbonyl (C=O) groups excluding carboxylic acids is 1. The maximum absolute atomic E-state index is 14.1. The first-order valence-corrected chi connectivity index (χ1v) is 14.9. The van der Waals surface area contributed by atoms with Gasteiger partial charge in [0.15, 0.2) is 4.80 Å². The third kappa shape index (κ3) is 5.78. The molecule has 2 heterocycles. The highest BCUT2D eigenvalue weighted by atomic mass is 79.9. The molecule has 1 aliphatic heterocycles. The zero-order valence-corrected chi connectivity index (χ0v) is 26.6. The summed E-state index contributed by atoms with van der Waals surface area (Å²) in [6, 6.07) is 8.36. The van der Waals surface area contributed by atoms with E-state index in [2.05, 4.69) is 39.7 Å². The van der Waals surface area contributed by atoms with E-state index in [0.717, 1.165) is 28.8 Å². The first-order chi connectivity index (χ1) is 19.7. The maximum atomic E-state index is 14.1. The molecular formula is C30H34BrN3O6S. The van der Waals surface area contributed by atoms with Crippen LogP contribution >= 0.6 is 27.3 Å². The van der Waals surface area contributed by atoms with Crippen molar-refractivity contribution in [3.8, 4) is 17.2 Å². The van der Waals surface area contributed by atoms with Gasteiger partial charge in [-0.05, 0) is 74.0 Å². The highest BCUT2D eigenvalue weighted by Crippen LogP contribution is 2.38. The molecule has 0 unspecified atom stereocenters. The summed E-state index contributed by atoms with van der Waals surface area (Å²) in [6.45, 7) is 9.53. The minimum atomic E-state index is -0.837. The molecule has 41 heavy (non-hydrogen) atoms. The number of thiazole rings is 1. The monoisotopic (exact) mass is 643 g/mol. The van der Waals surface area contributed by atoms with Crippen LogP contribution < -0.4 is 34.0 Å². The summed E-state index contributed by atoms with van der Waals surface area (Å²) in [4.78, 5) is 34.7. The normalized spacial score (nSPS) is 14.8. The zero-order valence-electron chi connectivity index (χ0n) is 24.2. The molecule has 1 aromatic heterocycles. The van der Waals surface area contributed by atoms with Crippen LogP contribution in [0.4, 0.5) is 5.69 Å². The van der Waals surface area contributed by atoms with Gasteiger partial charge in [0.1, 0.15) is 23.3 Å². The summed E-state index contributed by atoms with van der Waals surface area (Å²) in [7, 11) is 4.71. The molecular weight excluding hydrogens is 610 g/mol. The number of fused-ring (bicyclic) bond motifs is 1. The van der Waals surface area contributed by atoms with E-state index in [1.54, 1.807) is 59.5 Å². The molecule has 0 spiro atoms. The fourth-order valence-corrected chi connectivity index (χ4v) is 6.58. The van der Waals surface area contributed by atoms with Gasteiger partial charge in [0.25, 0.3) is 5.56 Å². The quantitative estimate of drug-likeness (QED) is 0.302. The maximum Gasteiger partial charge on any atom is 0.338 e. The highest BCUT2D eigenvalue weighted by Gasteiger charge is 2.35. The van der Waals surface area contributed by atoms with Crippen LogP contribution in [0, 0.1) is 0 Å². The number of nitrogens with zero attached hydrogens (tertiary/aromatic N) is 3. The summed E-state index contributed by atoms with van der Waals surface area (Å²) in [5, 5.41) is 0. The van der Waals surface area contributed by atoms with E-state index in [1.165, 1.54) is 15.9 Å². The van der Waals surface area contributed by atoms with Crippen LogP contribution in [0.25, 0.3) is 6.08 Å². The highest BCUT2D eigenvalue weighted by molar-refractivity contribution is 9.10. The van der Waals surface area contributed by atoms with E-state index in [0.29, 0.717) is 37.8 Å². The molecule has 0 radical (unpaired) electrons. The summed E-state index contributed by atoms with van der Waals surface area (Å²) >= 11 is 4.94. The number of allylic oxidation sites excluding steroid dienone is 1. The number of benzene rings is 2. The number of anilines is 1. The third-order valence-corrected chi connectivity index (χ3v) is 8.56. The largest absolute Gasteiger partial charge is 0.497 e. The lowest BCUT2D eigenvalue weighted by Gasteiger charge is -2.26. The van der Waals surface area contributed by atoms with Crippen LogP contribution in [0.15, 0.2) is 55.9 Å². The topological polar surface area (TPSA) is 91.6 Å². The Morgan fingerprint density at radius 3 is 2.39 bits per heavy atom. The van der Waals surface area contributed by atoms with Crippen LogP contribution in [0.1, 0.15) is 44.9 Å². The van der Waals surface area contributed by atoms with Crippen molar-refractivity contribution in [2.24, 2.45) is 4.99 Å². The molecule has 3 aromatic rings. The molecule has 9 nitrogen and oxygen atoms in total. The second kappa shape index (κ2) is 12.9. The summed E-state index contributed by atoms with van der Waals surface area (Å²) in [5.74, 6) is 1.15. The lowest BCUT2D eigenvalue weighted by molar-refractivity contribution is -0.139. The number of esters is 1. The van der Waals surface area contributed by atoms with Gasteiger partial charge in [0, 0.05) is 34.8 Å². The van der Waals surface area contributed by atoms with Crippen LogP contribution in [-0.4, -0.2) is 51.6 Å². The van der Waals surface area contributed by atoms with E-state index in [4.69, 9.17) is 18.9 Å². The fourth-order valence-electron chi connectivity index (χ4n) is 4.93. The Bertz CT molecular complexity index is 1670. The average molecular weight is 645 g/mol. The molecule has 1 aliphatic rings. The molecule has 11 heteroatoms. The SMILES string of the molecule is CCOC(=O)C1=C(C)N=c2s/c(=C\c3cc(Br)c(N(CC)CC)cc3OC)c(=O)n2[C@@H]1c1cc(OC)ccc1OC. The predicted molar refractivity (Wildman–Crippen MR) is 164 cm³/mol. The lowest BCUT2D eigenvalue weighted by atomic mass is 9.94. The van der Waals surface area contributed by atoms with Crippen molar-refractivity contribution in [1.29, 1.82) is 0 Å². The summed E-state index contributed by atoms with van der Waals surface area (Å²) < 4.78 is 25.1. The van der Waals surface area contributed by atoms with Gasteiger partial charge in [-0.15, -0.1) is 0 Å². The number of methoxy groups -OCH3 is 3. The second-order valence-electron chi connectivity index (χ2n) is 9.13. The number of hydrogen-bond acceptors (Lipinski definition) is 9. The van der Waals surface area contributed by atoms with Crippen molar-refractivity contribution in [3.05, 3.63) is 76.9 Å². The zero-order chi connectivity index (χ0) is 29.8. The van der Waals surface area contributed by atoms with E-state index in [1.807, 2.05) is 12.1 Å². The number of ether oxygens (including phenoxy) is 4. The van der Waals surface area contributed by atoms with Gasteiger partial charge in [-0.25, -0.2) is 9.79 Å². The molecule has 1 atom stereocenters. The summed E-state index contributed by atoms with van der Waals surface area (Å²) in [6.07, 6.45) is 1.79. The first-order valence-electron chi connectivity index (χ1n) is 13.3. The van der Waals surface area contributed by atoms with E-state index in [-0.39, 0.29) is 17.7 Å². The van der Waals surface area contributed by atoms with E-state index in [9.17, 15) is 9.59 Å². The molecule has 0 N–H and O–H groups in total. The number of aromatic nitrogens is 1. The Morgan fingerprint density at radius 1 is 1.07 bits per heavy atom. The Hall–Kier alpha value is -3.57. The number of rotatable bonds is 10. The van der Waals surface area contributed by atoms with Gasteiger partial charge in [-0.3, -0.25) is 9.36 Å². The predicted octanol–water partition coefficient (Wildman–Crippen LogP) is 4.43. The minimum Gasteiger partial charge on any atom is -0.497 e. The Labute approximate surface area is 251 Å². The number of halogens is 1. The van der Waals surface area contributed by atoms with Gasteiger partial charge in [-0.2, -0.15) is 0 Å². The Kier molecular flexibility index (Phi) is 9.60. The van der Waals surface area contributed by atoms with E-state index < -0.39 is 12.0 Å². The van der Waals surface area contributed by atoms with Gasteiger partial charge >= 0.3 is 5.97 Å². The lowest BCUT2D eigenvalue weighted by Crippen LogP contribution is -2.40. The average Bonchev–Trinajstić information content (AvgIpc) is 3.27. The van der Waals surface area contributed by atoms with Crippen LogP contribution in [0.5, 0.6) is 17.2 Å². The van der Waals surface area contributed by atoms with Gasteiger partial charge in [0.2, 0.25) is 0 Å². The Balaban J connectivity index is 1.99. The van der Waals surface area contributed by atoms with Crippen molar-refractivity contribution in [2.75, 3.05) is 45.9 Å². The van der Waals surface area contributed by atoms with Crippen molar-refractivity contribution >= 4 is 45.0 Å². The molecule has 0 saturated carbocycles. The standard InChI is InChI=1S/C30H34BrN3O6S/c1-8-33(9-2)22-16-24(39-7)18(13-21(22)31)14-25-28(35)34-27(20-15-19(37-5)11-12-23(20)38-6)26(29(36)40-10-3)17(4)32-30(34)41-25/h11-16,27H,8-10H2,1-7H3/b25-14-/t27-/m1/s1. The molecule has 218 valence electrons. The second-order valence-corrected chi connectivity index (χ2v) is 11.0.